The fourth-order valence-electron chi connectivity index (χ4n) is 1.79. The molecule has 106 valence electrons. The van der Waals surface area contributed by atoms with Gasteiger partial charge in [-0.05, 0) is 18.6 Å². The zero-order valence-electron chi connectivity index (χ0n) is 10.8. The first-order valence-electron chi connectivity index (χ1n) is 6.09. The molecule has 0 aliphatic carbocycles. The number of carboxylic acids is 1. The van der Waals surface area contributed by atoms with Crippen molar-refractivity contribution in [3.63, 3.8) is 0 Å². The van der Waals surface area contributed by atoms with Crippen molar-refractivity contribution in [3.05, 3.63) is 34.9 Å². The Bertz CT molecular complexity index is 703. The first kappa shape index (κ1) is 13.8. The highest BCUT2D eigenvalue weighted by Crippen LogP contribution is 1.96. The summed E-state index contributed by atoms with van der Waals surface area (Å²) in [4.78, 5) is 34.5. The van der Waals surface area contributed by atoms with E-state index < -0.39 is 23.6 Å². The maximum atomic E-state index is 11.9. The summed E-state index contributed by atoms with van der Waals surface area (Å²) >= 11 is 0. The quantitative estimate of drug-likeness (QED) is 0.765. The fraction of sp³-hybridized carbons (Fsp3) is 0.333. The number of hydrogen-bond donors (Lipinski definition) is 2. The van der Waals surface area contributed by atoms with Crippen LogP contribution in [0.1, 0.15) is 13.3 Å². The number of nitrogens with zero attached hydrogens (tertiary/aromatic N) is 3. The Balaban J connectivity index is 2.16. The van der Waals surface area contributed by atoms with E-state index in [9.17, 15) is 14.4 Å². The van der Waals surface area contributed by atoms with Crippen LogP contribution in [0.3, 0.4) is 0 Å². The van der Waals surface area contributed by atoms with Crippen LogP contribution in [-0.4, -0.2) is 37.2 Å². The number of hydrogen-bond acceptors (Lipinski definition) is 4. The van der Waals surface area contributed by atoms with Gasteiger partial charge in [0.15, 0.2) is 5.65 Å². The van der Waals surface area contributed by atoms with Gasteiger partial charge in [0.05, 0.1) is 0 Å². The zero-order valence-corrected chi connectivity index (χ0v) is 10.8. The molecule has 0 aliphatic heterocycles. The van der Waals surface area contributed by atoms with Crippen molar-refractivity contribution in [2.45, 2.75) is 25.9 Å². The summed E-state index contributed by atoms with van der Waals surface area (Å²) in [7, 11) is 0. The molecule has 1 atom stereocenters. The van der Waals surface area contributed by atoms with Crippen LogP contribution in [0.2, 0.25) is 0 Å². The summed E-state index contributed by atoms with van der Waals surface area (Å²) in [5.41, 5.74) is -0.0188. The molecule has 0 aliphatic rings. The number of carboxylic acid groups (broad SMARTS) is 1. The lowest BCUT2D eigenvalue weighted by Gasteiger charge is -2.11. The average Bonchev–Trinajstić information content (AvgIpc) is 2.73. The summed E-state index contributed by atoms with van der Waals surface area (Å²) in [6, 6.07) is 4.08. The summed E-state index contributed by atoms with van der Waals surface area (Å²) in [6.45, 7) is 1.33. The molecule has 2 aromatic rings. The Morgan fingerprint density at radius 3 is 2.80 bits per heavy atom. The molecule has 2 heterocycles. The molecule has 2 N–H and O–H groups in total. The molecule has 1 unspecified atom stereocenters. The minimum absolute atomic E-state index is 0.265. The van der Waals surface area contributed by atoms with E-state index in [1.807, 2.05) is 0 Å². The second-order valence-corrected chi connectivity index (χ2v) is 4.24. The minimum atomic E-state index is -1.11. The number of amides is 1. The third-order valence-corrected chi connectivity index (χ3v) is 2.82. The van der Waals surface area contributed by atoms with Crippen LogP contribution < -0.4 is 11.0 Å². The summed E-state index contributed by atoms with van der Waals surface area (Å²) in [5.74, 6) is -1.67. The van der Waals surface area contributed by atoms with E-state index in [1.165, 1.54) is 4.40 Å². The van der Waals surface area contributed by atoms with Crippen LogP contribution in [0.25, 0.3) is 5.65 Å². The molecule has 1 amide bonds. The predicted octanol–water partition coefficient (Wildman–Crippen LogP) is -0.525. The molecule has 0 fully saturated rings. The SMILES string of the molecule is CCC(NC(=O)Cn1nc2ccccn2c1=O)C(=O)O. The molecule has 8 heteroatoms. The highest BCUT2D eigenvalue weighted by Gasteiger charge is 2.18. The molecule has 0 bridgehead atoms. The molecular weight excluding hydrogens is 264 g/mol. The molecule has 0 aromatic carbocycles. The standard InChI is InChI=1S/C12H14N4O4/c1-2-8(11(18)19)13-10(17)7-16-12(20)15-6-4-3-5-9(15)14-16/h3-6,8H,2,7H2,1H3,(H,13,17)(H,18,19). The van der Waals surface area contributed by atoms with Crippen molar-refractivity contribution >= 4 is 17.5 Å². The van der Waals surface area contributed by atoms with E-state index in [2.05, 4.69) is 10.4 Å². The average molecular weight is 278 g/mol. The Hall–Kier alpha value is -2.64. The Morgan fingerprint density at radius 1 is 1.45 bits per heavy atom. The van der Waals surface area contributed by atoms with Gasteiger partial charge in [0, 0.05) is 6.20 Å². The monoisotopic (exact) mass is 278 g/mol. The van der Waals surface area contributed by atoms with Crippen LogP contribution in [0, 0.1) is 0 Å². The lowest BCUT2D eigenvalue weighted by Crippen LogP contribution is -2.43. The highest BCUT2D eigenvalue weighted by atomic mass is 16.4. The van der Waals surface area contributed by atoms with Crippen molar-refractivity contribution < 1.29 is 14.7 Å². The first-order chi connectivity index (χ1) is 9.52. The van der Waals surface area contributed by atoms with E-state index in [0.29, 0.717) is 5.65 Å². The molecule has 2 aromatic heterocycles. The van der Waals surface area contributed by atoms with Gasteiger partial charge < -0.3 is 10.4 Å². The van der Waals surface area contributed by atoms with Crippen LogP contribution in [0.5, 0.6) is 0 Å². The molecular formula is C12H14N4O4. The number of pyridine rings is 1. The number of carbonyl (C=O) groups excluding carboxylic acids is 1. The van der Waals surface area contributed by atoms with Gasteiger partial charge in [-0.25, -0.2) is 14.3 Å². The van der Waals surface area contributed by atoms with E-state index in [4.69, 9.17) is 5.11 Å². The lowest BCUT2D eigenvalue weighted by molar-refractivity contribution is -0.142. The lowest BCUT2D eigenvalue weighted by atomic mass is 10.2. The van der Waals surface area contributed by atoms with Gasteiger partial charge in [0.2, 0.25) is 5.91 Å². The first-order valence-corrected chi connectivity index (χ1v) is 6.09. The van der Waals surface area contributed by atoms with Crippen molar-refractivity contribution in [3.8, 4) is 0 Å². The van der Waals surface area contributed by atoms with Gasteiger partial charge in [-0.1, -0.05) is 13.0 Å². The topological polar surface area (TPSA) is 106 Å². The molecule has 8 nitrogen and oxygen atoms in total. The third kappa shape index (κ3) is 2.68. The van der Waals surface area contributed by atoms with Crippen LogP contribution in [0.15, 0.2) is 29.2 Å². The van der Waals surface area contributed by atoms with Gasteiger partial charge in [0.25, 0.3) is 0 Å². The van der Waals surface area contributed by atoms with Crippen LogP contribution in [-0.2, 0) is 16.1 Å². The molecule has 0 radical (unpaired) electrons. The Morgan fingerprint density at radius 2 is 2.20 bits per heavy atom. The molecule has 2 rings (SSSR count). The smallest absolute Gasteiger partial charge is 0.350 e. The highest BCUT2D eigenvalue weighted by molar-refractivity contribution is 5.83. The number of aliphatic carboxylic acids is 1. The van der Waals surface area contributed by atoms with E-state index in [-0.39, 0.29) is 13.0 Å². The van der Waals surface area contributed by atoms with E-state index >= 15 is 0 Å². The second kappa shape index (κ2) is 5.55. The van der Waals surface area contributed by atoms with Gasteiger partial charge in [-0.15, -0.1) is 5.10 Å². The predicted molar refractivity (Wildman–Crippen MR) is 69.3 cm³/mol. The van der Waals surface area contributed by atoms with Crippen molar-refractivity contribution in [2.24, 2.45) is 0 Å². The molecule has 0 saturated heterocycles. The zero-order chi connectivity index (χ0) is 14.7. The maximum Gasteiger partial charge on any atom is 0.350 e. The van der Waals surface area contributed by atoms with Crippen molar-refractivity contribution in [1.82, 2.24) is 19.5 Å². The third-order valence-electron chi connectivity index (χ3n) is 2.82. The Kier molecular flexibility index (Phi) is 3.83. The summed E-state index contributed by atoms with van der Waals surface area (Å²) < 4.78 is 2.31. The van der Waals surface area contributed by atoms with E-state index in [1.54, 1.807) is 31.3 Å². The van der Waals surface area contributed by atoms with Gasteiger partial charge in [-0.3, -0.25) is 9.20 Å². The van der Waals surface area contributed by atoms with Gasteiger partial charge in [0.1, 0.15) is 12.6 Å². The summed E-state index contributed by atoms with van der Waals surface area (Å²) in [5, 5.41) is 15.2. The molecule has 0 saturated carbocycles. The number of carbonyl (C=O) groups is 2. The largest absolute Gasteiger partial charge is 0.480 e. The number of aromatic nitrogens is 3. The maximum absolute atomic E-state index is 11.9. The fourth-order valence-corrected chi connectivity index (χ4v) is 1.79. The van der Waals surface area contributed by atoms with Crippen LogP contribution in [0.4, 0.5) is 0 Å². The van der Waals surface area contributed by atoms with Crippen molar-refractivity contribution in [2.75, 3.05) is 0 Å². The molecule has 20 heavy (non-hydrogen) atoms. The number of fused-ring (bicyclic) bond motifs is 1. The second-order valence-electron chi connectivity index (χ2n) is 4.24. The van der Waals surface area contributed by atoms with Gasteiger partial charge in [-0.2, -0.15) is 0 Å². The van der Waals surface area contributed by atoms with Crippen molar-refractivity contribution in [1.29, 1.82) is 0 Å². The molecule has 0 spiro atoms. The number of nitrogens with one attached hydrogen (secondary N) is 1. The van der Waals surface area contributed by atoms with E-state index in [0.717, 1.165) is 4.68 Å². The van der Waals surface area contributed by atoms with Gasteiger partial charge >= 0.3 is 11.7 Å². The minimum Gasteiger partial charge on any atom is -0.480 e. The normalized spacial score (nSPS) is 12.2. The summed E-state index contributed by atoms with van der Waals surface area (Å²) in [6.07, 6.45) is 1.81. The van der Waals surface area contributed by atoms with Crippen LogP contribution >= 0.6 is 0 Å². The Labute approximate surface area is 113 Å². The number of rotatable bonds is 5.